The Morgan fingerprint density at radius 3 is 2.85 bits per heavy atom. The van der Waals surface area contributed by atoms with Crippen molar-refractivity contribution in [2.75, 3.05) is 19.7 Å². The van der Waals surface area contributed by atoms with Crippen molar-refractivity contribution in [1.82, 2.24) is 14.5 Å². The molecule has 1 aliphatic heterocycles. The molecule has 8 nitrogen and oxygen atoms in total. The molecule has 0 spiro atoms. The lowest BCUT2D eigenvalue weighted by atomic mass is 10.1. The van der Waals surface area contributed by atoms with E-state index in [9.17, 15) is 13.2 Å². The minimum Gasteiger partial charge on any atom is -0.478 e. The van der Waals surface area contributed by atoms with Gasteiger partial charge in [0.15, 0.2) is 0 Å². The maximum absolute atomic E-state index is 12.4. The highest BCUT2D eigenvalue weighted by molar-refractivity contribution is 7.89. The molecule has 1 aliphatic rings. The monoisotopic (exact) mass is 303 g/mol. The Morgan fingerprint density at radius 2 is 2.25 bits per heavy atom. The number of carboxylic acids is 1. The number of aromatic amines is 1. The van der Waals surface area contributed by atoms with E-state index >= 15 is 0 Å². The minimum absolute atomic E-state index is 0.0143. The van der Waals surface area contributed by atoms with Crippen LogP contribution in [-0.4, -0.2) is 58.8 Å². The average molecular weight is 303 g/mol. The van der Waals surface area contributed by atoms with E-state index in [1.165, 1.54) is 11.2 Å². The fraction of sp³-hybridized carbons (Fsp3) is 0.636. The fourth-order valence-corrected chi connectivity index (χ4v) is 4.06. The zero-order valence-corrected chi connectivity index (χ0v) is 11.9. The van der Waals surface area contributed by atoms with Crippen molar-refractivity contribution in [2.24, 2.45) is 5.92 Å². The Balaban J connectivity index is 2.30. The van der Waals surface area contributed by atoms with Gasteiger partial charge in [0.2, 0.25) is 5.03 Å². The molecule has 0 aliphatic carbocycles. The molecule has 1 aromatic heterocycles. The predicted octanol–water partition coefficient (Wildman–Crippen LogP) is -0.191. The van der Waals surface area contributed by atoms with Crippen LogP contribution in [0.3, 0.4) is 0 Å². The smallest absolute Gasteiger partial charge is 0.340 e. The number of aromatic carboxylic acids is 1. The van der Waals surface area contributed by atoms with Gasteiger partial charge in [-0.15, -0.1) is 0 Å². The van der Waals surface area contributed by atoms with E-state index in [-0.39, 0.29) is 30.3 Å². The summed E-state index contributed by atoms with van der Waals surface area (Å²) in [5, 5.41) is 23.6. The number of nitrogens with one attached hydrogen (secondary N) is 1. The average Bonchev–Trinajstić information content (AvgIpc) is 2.96. The Hall–Kier alpha value is -1.45. The highest BCUT2D eigenvalue weighted by Crippen LogP contribution is 2.27. The molecule has 1 unspecified atom stereocenters. The van der Waals surface area contributed by atoms with Crippen LogP contribution in [0.2, 0.25) is 0 Å². The first-order valence-corrected chi connectivity index (χ1v) is 7.71. The van der Waals surface area contributed by atoms with Crippen molar-refractivity contribution in [3.8, 4) is 0 Å². The Kier molecular flexibility index (Phi) is 4.11. The molecular weight excluding hydrogens is 286 g/mol. The Morgan fingerprint density at radius 1 is 1.55 bits per heavy atom. The zero-order chi connectivity index (χ0) is 14.9. The van der Waals surface area contributed by atoms with Crippen molar-refractivity contribution in [2.45, 2.75) is 24.8 Å². The van der Waals surface area contributed by atoms with Gasteiger partial charge in [-0.1, -0.05) is 0 Å². The van der Waals surface area contributed by atoms with Crippen LogP contribution < -0.4 is 0 Å². The van der Waals surface area contributed by atoms with Gasteiger partial charge < -0.3 is 10.2 Å². The van der Waals surface area contributed by atoms with Crippen LogP contribution in [0, 0.1) is 12.8 Å². The number of aliphatic hydroxyl groups excluding tert-OH is 1. The summed E-state index contributed by atoms with van der Waals surface area (Å²) in [7, 11) is -3.92. The van der Waals surface area contributed by atoms with Gasteiger partial charge in [-0.05, 0) is 25.7 Å². The van der Waals surface area contributed by atoms with Crippen molar-refractivity contribution in [3.05, 3.63) is 11.3 Å². The van der Waals surface area contributed by atoms with Crippen LogP contribution in [0.15, 0.2) is 5.03 Å². The molecule has 20 heavy (non-hydrogen) atoms. The Labute approximate surface area is 116 Å². The van der Waals surface area contributed by atoms with Crippen molar-refractivity contribution in [1.29, 1.82) is 0 Å². The van der Waals surface area contributed by atoms with Gasteiger partial charge in [0, 0.05) is 25.4 Å². The van der Waals surface area contributed by atoms with E-state index < -0.39 is 21.0 Å². The van der Waals surface area contributed by atoms with E-state index in [4.69, 9.17) is 10.2 Å². The van der Waals surface area contributed by atoms with E-state index in [2.05, 4.69) is 10.2 Å². The molecule has 2 heterocycles. The summed E-state index contributed by atoms with van der Waals surface area (Å²) in [6, 6.07) is 0. The van der Waals surface area contributed by atoms with Crippen LogP contribution in [0.1, 0.15) is 28.9 Å². The quantitative estimate of drug-likeness (QED) is 0.692. The van der Waals surface area contributed by atoms with Crippen molar-refractivity contribution >= 4 is 16.0 Å². The van der Waals surface area contributed by atoms with Gasteiger partial charge in [-0.2, -0.15) is 9.40 Å². The molecule has 1 saturated heterocycles. The summed E-state index contributed by atoms with van der Waals surface area (Å²) in [5.74, 6) is -1.22. The lowest BCUT2D eigenvalue weighted by Gasteiger charge is -2.15. The van der Waals surface area contributed by atoms with Crippen molar-refractivity contribution < 1.29 is 23.4 Å². The molecule has 0 radical (unpaired) electrons. The molecular formula is C11H17N3O5S. The number of rotatable bonds is 5. The topological polar surface area (TPSA) is 124 Å². The summed E-state index contributed by atoms with van der Waals surface area (Å²) >= 11 is 0. The lowest BCUT2D eigenvalue weighted by Crippen LogP contribution is -2.30. The highest BCUT2D eigenvalue weighted by Gasteiger charge is 2.37. The van der Waals surface area contributed by atoms with E-state index in [1.807, 2.05) is 0 Å². The van der Waals surface area contributed by atoms with Crippen molar-refractivity contribution in [3.63, 3.8) is 0 Å². The van der Waals surface area contributed by atoms with Crippen LogP contribution in [0.5, 0.6) is 0 Å². The predicted molar refractivity (Wildman–Crippen MR) is 68.9 cm³/mol. The maximum atomic E-state index is 12.4. The molecule has 1 fully saturated rings. The number of hydrogen-bond donors (Lipinski definition) is 3. The number of carbonyl (C=O) groups is 1. The molecule has 112 valence electrons. The SMILES string of the molecule is Cc1[nH]nc(S(=O)(=O)N2CCC(CCO)C2)c1C(=O)O. The van der Waals surface area contributed by atoms with Gasteiger partial charge >= 0.3 is 5.97 Å². The molecule has 0 aromatic carbocycles. The van der Waals surface area contributed by atoms with E-state index in [1.54, 1.807) is 0 Å². The van der Waals surface area contributed by atoms with Gasteiger partial charge in [0.05, 0.1) is 0 Å². The summed E-state index contributed by atoms with van der Waals surface area (Å²) in [4.78, 5) is 11.2. The number of hydrogen-bond acceptors (Lipinski definition) is 5. The molecule has 3 N–H and O–H groups in total. The zero-order valence-electron chi connectivity index (χ0n) is 11.0. The minimum atomic E-state index is -3.92. The summed E-state index contributed by atoms with van der Waals surface area (Å²) in [5.41, 5.74) is -0.0993. The largest absolute Gasteiger partial charge is 0.478 e. The Bertz CT molecular complexity index is 610. The maximum Gasteiger partial charge on any atom is 0.340 e. The van der Waals surface area contributed by atoms with Gasteiger partial charge in [0.25, 0.3) is 10.0 Å². The number of aromatic nitrogens is 2. The summed E-state index contributed by atoms with van der Waals surface area (Å²) in [6.07, 6.45) is 1.20. The summed E-state index contributed by atoms with van der Waals surface area (Å²) in [6.45, 7) is 2.08. The summed E-state index contributed by atoms with van der Waals surface area (Å²) < 4.78 is 26.1. The molecule has 0 saturated carbocycles. The van der Waals surface area contributed by atoms with E-state index in [0.29, 0.717) is 19.4 Å². The molecule has 2 rings (SSSR count). The molecule has 9 heteroatoms. The first kappa shape index (κ1) is 14.9. The molecule has 0 amide bonds. The third-order valence-electron chi connectivity index (χ3n) is 3.50. The second-order valence-corrected chi connectivity index (χ2v) is 6.72. The van der Waals surface area contributed by atoms with Gasteiger partial charge in [-0.3, -0.25) is 5.10 Å². The molecule has 1 aromatic rings. The third kappa shape index (κ3) is 2.56. The lowest BCUT2D eigenvalue weighted by molar-refractivity contribution is 0.0691. The number of aliphatic hydroxyl groups is 1. The van der Waals surface area contributed by atoms with Gasteiger partial charge in [-0.25, -0.2) is 13.2 Å². The number of sulfonamides is 1. The first-order chi connectivity index (χ1) is 9.37. The molecule has 0 bridgehead atoms. The van der Waals surface area contributed by atoms with Crippen LogP contribution >= 0.6 is 0 Å². The molecule has 1 atom stereocenters. The van der Waals surface area contributed by atoms with Gasteiger partial charge in [0.1, 0.15) is 5.56 Å². The van der Waals surface area contributed by atoms with Crippen LogP contribution in [-0.2, 0) is 10.0 Å². The second-order valence-electron chi connectivity index (χ2n) is 4.86. The standard InChI is InChI=1S/C11H17N3O5S/c1-7-9(11(16)17)10(13-12-7)20(18,19)14-4-2-8(6-14)3-5-15/h8,15H,2-6H2,1H3,(H,12,13)(H,16,17). The second kappa shape index (κ2) is 5.51. The highest BCUT2D eigenvalue weighted by atomic mass is 32.2. The fourth-order valence-electron chi connectivity index (χ4n) is 2.40. The number of H-pyrrole nitrogens is 1. The van der Waals surface area contributed by atoms with E-state index in [0.717, 1.165) is 0 Å². The number of carboxylic acid groups (broad SMARTS) is 1. The third-order valence-corrected chi connectivity index (χ3v) is 5.29. The number of aryl methyl sites for hydroxylation is 1. The normalized spacial score (nSPS) is 20.4. The first-order valence-electron chi connectivity index (χ1n) is 6.27. The van der Waals surface area contributed by atoms with Crippen LogP contribution in [0.4, 0.5) is 0 Å². The van der Waals surface area contributed by atoms with Crippen LogP contribution in [0.25, 0.3) is 0 Å². The number of nitrogens with zero attached hydrogens (tertiary/aromatic N) is 2.